The van der Waals surface area contributed by atoms with Gasteiger partial charge in [-0.3, -0.25) is 14.2 Å². The van der Waals surface area contributed by atoms with Gasteiger partial charge in [0.25, 0.3) is 11.5 Å². The molecule has 3 heterocycles. The number of aromatic nitrogens is 2. The Labute approximate surface area is 137 Å². The molecule has 8 heteroatoms. The zero-order chi connectivity index (χ0) is 17.3. The maximum atomic E-state index is 12.7. The van der Waals surface area contributed by atoms with Crippen LogP contribution in [0.15, 0.2) is 38.6 Å². The van der Waals surface area contributed by atoms with Crippen molar-refractivity contribution in [3.8, 4) is 0 Å². The summed E-state index contributed by atoms with van der Waals surface area (Å²) in [6.07, 6.45) is 2.42. The Hall–Kier alpha value is -2.61. The predicted octanol–water partition coefficient (Wildman–Crippen LogP) is 0.427. The first-order valence-electron chi connectivity index (χ1n) is 7.75. The molecule has 0 bridgehead atoms. The number of nitrogens with zero attached hydrogens (tertiary/aromatic N) is 2. The zero-order valence-electron chi connectivity index (χ0n) is 13.5. The molecule has 2 aromatic heterocycles. The molecule has 1 aliphatic rings. The summed E-state index contributed by atoms with van der Waals surface area (Å²) in [4.78, 5) is 41.2. The Balaban J connectivity index is 1.92. The van der Waals surface area contributed by atoms with Crippen molar-refractivity contribution in [1.82, 2.24) is 14.5 Å². The summed E-state index contributed by atoms with van der Waals surface area (Å²) in [5, 5.41) is 0. The number of furan rings is 1. The van der Waals surface area contributed by atoms with Crippen molar-refractivity contribution < 1.29 is 13.9 Å². The minimum Gasteiger partial charge on any atom is -0.467 e. The molecule has 24 heavy (non-hydrogen) atoms. The second-order valence-electron chi connectivity index (χ2n) is 5.95. The van der Waals surface area contributed by atoms with Crippen LogP contribution in [-0.4, -0.2) is 45.7 Å². The number of carbonyl (C=O) groups excluding carboxylic acids is 1. The van der Waals surface area contributed by atoms with E-state index in [0.29, 0.717) is 18.8 Å². The molecule has 2 aromatic rings. The highest BCUT2D eigenvalue weighted by Gasteiger charge is 2.28. The SMILES string of the molecule is CC1CN(C(=O)c2c[nH]c(=O)n(Cc3ccco3)c2=O)CC(C)O1. The van der Waals surface area contributed by atoms with Crippen molar-refractivity contribution in [2.24, 2.45) is 0 Å². The van der Waals surface area contributed by atoms with E-state index in [2.05, 4.69) is 4.98 Å². The van der Waals surface area contributed by atoms with E-state index in [4.69, 9.17) is 9.15 Å². The van der Waals surface area contributed by atoms with E-state index in [0.717, 1.165) is 4.57 Å². The van der Waals surface area contributed by atoms with Crippen LogP contribution in [0.1, 0.15) is 30.0 Å². The largest absolute Gasteiger partial charge is 0.467 e. The van der Waals surface area contributed by atoms with Crippen molar-refractivity contribution in [2.75, 3.05) is 13.1 Å². The molecule has 1 fully saturated rings. The second kappa shape index (κ2) is 6.48. The van der Waals surface area contributed by atoms with Crippen LogP contribution in [0.4, 0.5) is 0 Å². The number of aromatic amines is 1. The van der Waals surface area contributed by atoms with Gasteiger partial charge < -0.3 is 19.0 Å². The van der Waals surface area contributed by atoms with Crippen LogP contribution in [0.5, 0.6) is 0 Å². The monoisotopic (exact) mass is 333 g/mol. The summed E-state index contributed by atoms with van der Waals surface area (Å²) in [5.41, 5.74) is -1.29. The number of H-pyrrole nitrogens is 1. The van der Waals surface area contributed by atoms with Gasteiger partial charge in [-0.15, -0.1) is 0 Å². The maximum absolute atomic E-state index is 12.7. The summed E-state index contributed by atoms with van der Waals surface area (Å²) in [6, 6.07) is 3.33. The zero-order valence-corrected chi connectivity index (χ0v) is 13.5. The lowest BCUT2D eigenvalue weighted by atomic mass is 10.2. The number of hydrogen-bond acceptors (Lipinski definition) is 5. The van der Waals surface area contributed by atoms with Crippen molar-refractivity contribution in [1.29, 1.82) is 0 Å². The van der Waals surface area contributed by atoms with Crippen molar-refractivity contribution in [3.63, 3.8) is 0 Å². The molecular formula is C16H19N3O5. The number of rotatable bonds is 3. The Morgan fingerprint density at radius 2 is 2.00 bits per heavy atom. The molecule has 1 N–H and O–H groups in total. The van der Waals surface area contributed by atoms with Crippen LogP contribution in [0, 0.1) is 0 Å². The van der Waals surface area contributed by atoms with Crippen LogP contribution in [-0.2, 0) is 11.3 Å². The Morgan fingerprint density at radius 3 is 2.62 bits per heavy atom. The first-order valence-corrected chi connectivity index (χ1v) is 7.75. The van der Waals surface area contributed by atoms with E-state index in [-0.39, 0.29) is 24.3 Å². The molecule has 1 amide bonds. The van der Waals surface area contributed by atoms with Gasteiger partial charge in [0.05, 0.1) is 25.0 Å². The normalized spacial score (nSPS) is 21.0. The average molecular weight is 333 g/mol. The maximum Gasteiger partial charge on any atom is 0.328 e. The predicted molar refractivity (Wildman–Crippen MR) is 85.0 cm³/mol. The van der Waals surface area contributed by atoms with E-state index in [9.17, 15) is 14.4 Å². The molecule has 3 rings (SSSR count). The van der Waals surface area contributed by atoms with E-state index in [1.807, 2.05) is 13.8 Å². The fourth-order valence-corrected chi connectivity index (χ4v) is 2.88. The molecule has 0 aromatic carbocycles. The molecule has 1 aliphatic heterocycles. The first-order chi connectivity index (χ1) is 11.5. The van der Waals surface area contributed by atoms with Crippen molar-refractivity contribution in [2.45, 2.75) is 32.6 Å². The summed E-state index contributed by atoms with van der Waals surface area (Å²) in [5.74, 6) is 0.0484. The van der Waals surface area contributed by atoms with Gasteiger partial charge in [0.1, 0.15) is 11.3 Å². The van der Waals surface area contributed by atoms with Crippen LogP contribution >= 0.6 is 0 Å². The van der Waals surface area contributed by atoms with E-state index in [1.54, 1.807) is 17.0 Å². The van der Waals surface area contributed by atoms with Gasteiger partial charge in [-0.05, 0) is 26.0 Å². The van der Waals surface area contributed by atoms with E-state index < -0.39 is 17.2 Å². The van der Waals surface area contributed by atoms with Gasteiger partial charge in [0.15, 0.2) is 0 Å². The van der Waals surface area contributed by atoms with Crippen LogP contribution < -0.4 is 11.2 Å². The molecule has 2 atom stereocenters. The Kier molecular flexibility index (Phi) is 4.39. The topological polar surface area (TPSA) is 97.5 Å². The van der Waals surface area contributed by atoms with Gasteiger partial charge in [0, 0.05) is 19.3 Å². The van der Waals surface area contributed by atoms with Crippen LogP contribution in [0.3, 0.4) is 0 Å². The number of carbonyl (C=O) groups is 1. The highest BCUT2D eigenvalue weighted by Crippen LogP contribution is 2.12. The third kappa shape index (κ3) is 3.18. The number of hydrogen-bond donors (Lipinski definition) is 1. The fourth-order valence-electron chi connectivity index (χ4n) is 2.88. The molecule has 8 nitrogen and oxygen atoms in total. The second-order valence-corrected chi connectivity index (χ2v) is 5.95. The average Bonchev–Trinajstić information content (AvgIpc) is 3.03. The Morgan fingerprint density at radius 1 is 1.29 bits per heavy atom. The molecule has 1 saturated heterocycles. The summed E-state index contributed by atoms with van der Waals surface area (Å²) in [7, 11) is 0. The van der Waals surface area contributed by atoms with Crippen LogP contribution in [0.25, 0.3) is 0 Å². The lowest BCUT2D eigenvalue weighted by Gasteiger charge is -2.35. The fraction of sp³-hybridized carbons (Fsp3) is 0.438. The van der Waals surface area contributed by atoms with Crippen LogP contribution in [0.2, 0.25) is 0 Å². The minimum atomic E-state index is -0.632. The van der Waals surface area contributed by atoms with Gasteiger partial charge in [0.2, 0.25) is 0 Å². The highest BCUT2D eigenvalue weighted by molar-refractivity contribution is 5.93. The van der Waals surface area contributed by atoms with Gasteiger partial charge >= 0.3 is 5.69 Å². The number of morpholine rings is 1. The third-order valence-electron chi connectivity index (χ3n) is 3.89. The summed E-state index contributed by atoms with van der Waals surface area (Å²) < 4.78 is 11.7. The molecule has 128 valence electrons. The molecule has 0 saturated carbocycles. The minimum absolute atomic E-state index is 0.0296. The highest BCUT2D eigenvalue weighted by atomic mass is 16.5. The van der Waals surface area contributed by atoms with Gasteiger partial charge in [-0.1, -0.05) is 0 Å². The smallest absolute Gasteiger partial charge is 0.328 e. The van der Waals surface area contributed by atoms with Gasteiger partial charge in [-0.2, -0.15) is 0 Å². The number of nitrogens with one attached hydrogen (secondary N) is 1. The summed E-state index contributed by atoms with van der Waals surface area (Å²) in [6.45, 7) is 4.52. The molecule has 0 spiro atoms. The third-order valence-corrected chi connectivity index (χ3v) is 3.89. The lowest BCUT2D eigenvalue weighted by Crippen LogP contribution is -2.50. The number of ether oxygens (including phenoxy) is 1. The standard InChI is InChI=1S/C16H19N3O5/c1-10-7-18(8-11(2)24-10)14(20)13-6-17-16(22)19(15(13)21)9-12-4-3-5-23-12/h3-6,10-11H,7-9H2,1-2H3,(H,17,22). The molecule has 0 aliphatic carbocycles. The van der Waals surface area contributed by atoms with Crippen molar-refractivity contribution in [3.05, 3.63) is 56.8 Å². The molecule has 2 unspecified atom stereocenters. The van der Waals surface area contributed by atoms with E-state index >= 15 is 0 Å². The van der Waals surface area contributed by atoms with E-state index in [1.165, 1.54) is 12.5 Å². The quantitative estimate of drug-likeness (QED) is 0.878. The number of amides is 1. The lowest BCUT2D eigenvalue weighted by molar-refractivity contribution is -0.0586. The molecular weight excluding hydrogens is 314 g/mol. The van der Waals surface area contributed by atoms with Gasteiger partial charge in [-0.25, -0.2) is 4.79 Å². The summed E-state index contributed by atoms with van der Waals surface area (Å²) >= 11 is 0. The van der Waals surface area contributed by atoms with Crippen molar-refractivity contribution >= 4 is 5.91 Å². The first kappa shape index (κ1) is 16.3. The molecule has 0 radical (unpaired) electrons. The Bertz CT molecular complexity index is 826.